The summed E-state index contributed by atoms with van der Waals surface area (Å²) in [4.78, 5) is 8.21. The van der Waals surface area contributed by atoms with Gasteiger partial charge in [-0.15, -0.1) is 11.3 Å². The van der Waals surface area contributed by atoms with E-state index in [1.807, 2.05) is 11.7 Å². The molecule has 1 aromatic heterocycles. The van der Waals surface area contributed by atoms with Crippen LogP contribution in [0.2, 0.25) is 0 Å². The van der Waals surface area contributed by atoms with Crippen molar-refractivity contribution in [2.45, 2.75) is 51.7 Å². The number of hydrogen-bond acceptors (Lipinski definition) is 4. The molecule has 0 bridgehead atoms. The highest BCUT2D eigenvalue weighted by Gasteiger charge is 2.26. The molecule has 0 radical (unpaired) electrons. The molecule has 96 valence electrons. The molecule has 2 unspecified atom stereocenters. The number of thiazole rings is 1. The molecule has 0 amide bonds. The van der Waals surface area contributed by atoms with Crippen LogP contribution in [0.15, 0.2) is 11.7 Å². The molecule has 1 N–H and O–H groups in total. The minimum Gasteiger partial charge on any atom is -0.311 e. The Morgan fingerprint density at radius 3 is 3.06 bits per heavy atom. The molecular weight excluding hydrogens is 230 g/mol. The van der Waals surface area contributed by atoms with Gasteiger partial charge in [0.25, 0.3) is 0 Å². The summed E-state index contributed by atoms with van der Waals surface area (Å²) in [6.07, 6.45) is 5.79. The molecule has 2 rings (SSSR count). The van der Waals surface area contributed by atoms with Crippen molar-refractivity contribution in [3.8, 4) is 0 Å². The van der Waals surface area contributed by atoms with Crippen molar-refractivity contribution in [1.29, 1.82) is 0 Å². The number of rotatable bonds is 5. The van der Waals surface area contributed by atoms with E-state index in [0.29, 0.717) is 12.1 Å². The zero-order valence-corrected chi connectivity index (χ0v) is 11.7. The molecule has 0 spiro atoms. The topological polar surface area (TPSA) is 28.2 Å². The summed E-state index contributed by atoms with van der Waals surface area (Å²) in [5.74, 6) is 0. The van der Waals surface area contributed by atoms with Crippen LogP contribution in [-0.2, 0) is 6.54 Å². The lowest BCUT2D eigenvalue weighted by Gasteiger charge is -2.40. The van der Waals surface area contributed by atoms with E-state index in [1.165, 1.54) is 30.7 Å². The van der Waals surface area contributed by atoms with Gasteiger partial charge in [-0.1, -0.05) is 20.3 Å². The van der Waals surface area contributed by atoms with Crippen molar-refractivity contribution in [3.63, 3.8) is 0 Å². The molecule has 2 atom stereocenters. The minimum atomic E-state index is 0.663. The fourth-order valence-electron chi connectivity index (χ4n) is 2.53. The number of nitrogens with zero attached hydrogens (tertiary/aromatic N) is 2. The highest BCUT2D eigenvalue weighted by atomic mass is 32.1. The minimum absolute atomic E-state index is 0.663. The molecule has 0 saturated carbocycles. The van der Waals surface area contributed by atoms with E-state index >= 15 is 0 Å². The summed E-state index contributed by atoms with van der Waals surface area (Å²) >= 11 is 1.77. The molecule has 4 heteroatoms. The second-order valence-electron chi connectivity index (χ2n) is 4.85. The third-order valence-electron chi connectivity index (χ3n) is 3.57. The predicted molar refractivity (Wildman–Crippen MR) is 73.3 cm³/mol. The van der Waals surface area contributed by atoms with Crippen LogP contribution in [-0.4, -0.2) is 35.1 Å². The first kappa shape index (κ1) is 13.0. The number of aromatic nitrogens is 1. The van der Waals surface area contributed by atoms with Crippen LogP contribution in [0.25, 0.3) is 0 Å². The molecule has 0 aromatic carbocycles. The largest absolute Gasteiger partial charge is 0.311 e. The van der Waals surface area contributed by atoms with Gasteiger partial charge in [0.1, 0.15) is 0 Å². The fourth-order valence-corrected chi connectivity index (χ4v) is 3.15. The lowest BCUT2D eigenvalue weighted by Crippen LogP contribution is -2.55. The van der Waals surface area contributed by atoms with E-state index in [9.17, 15) is 0 Å². The van der Waals surface area contributed by atoms with Crippen LogP contribution < -0.4 is 5.32 Å². The Morgan fingerprint density at radius 2 is 2.41 bits per heavy atom. The molecule has 3 nitrogen and oxygen atoms in total. The summed E-state index contributed by atoms with van der Waals surface area (Å²) in [5.41, 5.74) is 1.93. The van der Waals surface area contributed by atoms with Gasteiger partial charge in [-0.25, -0.2) is 0 Å². The van der Waals surface area contributed by atoms with Crippen molar-refractivity contribution in [3.05, 3.63) is 16.6 Å². The van der Waals surface area contributed by atoms with Crippen molar-refractivity contribution in [1.82, 2.24) is 15.2 Å². The molecule has 1 aliphatic heterocycles. The third-order valence-corrected chi connectivity index (χ3v) is 4.33. The van der Waals surface area contributed by atoms with E-state index in [0.717, 1.165) is 13.1 Å². The van der Waals surface area contributed by atoms with E-state index in [4.69, 9.17) is 0 Å². The van der Waals surface area contributed by atoms with Crippen LogP contribution >= 0.6 is 11.3 Å². The van der Waals surface area contributed by atoms with Crippen LogP contribution in [0, 0.1) is 0 Å². The smallest absolute Gasteiger partial charge is 0.0794 e. The van der Waals surface area contributed by atoms with Crippen molar-refractivity contribution < 1.29 is 0 Å². The molecule has 1 fully saturated rings. The maximum Gasteiger partial charge on any atom is 0.0794 e. The van der Waals surface area contributed by atoms with Gasteiger partial charge >= 0.3 is 0 Å². The lowest BCUT2D eigenvalue weighted by molar-refractivity contribution is 0.114. The Labute approximate surface area is 108 Å². The Balaban J connectivity index is 1.97. The number of piperazine rings is 1. The molecule has 1 aromatic rings. The van der Waals surface area contributed by atoms with Crippen molar-refractivity contribution in [2.75, 3.05) is 13.1 Å². The highest BCUT2D eigenvalue weighted by molar-refractivity contribution is 7.09. The Morgan fingerprint density at radius 1 is 1.53 bits per heavy atom. The van der Waals surface area contributed by atoms with Gasteiger partial charge in [0.15, 0.2) is 0 Å². The third kappa shape index (κ3) is 3.50. The summed E-state index contributed by atoms with van der Waals surface area (Å²) < 4.78 is 0. The predicted octanol–water partition coefficient (Wildman–Crippen LogP) is 2.50. The van der Waals surface area contributed by atoms with Gasteiger partial charge in [-0.05, 0) is 12.8 Å². The maximum absolute atomic E-state index is 4.17. The second kappa shape index (κ2) is 6.47. The summed E-state index contributed by atoms with van der Waals surface area (Å²) in [5, 5.41) is 3.66. The fraction of sp³-hybridized carbons (Fsp3) is 0.769. The quantitative estimate of drug-likeness (QED) is 0.874. The van der Waals surface area contributed by atoms with Gasteiger partial charge in [0.05, 0.1) is 5.51 Å². The first-order valence-corrected chi connectivity index (χ1v) is 7.56. The summed E-state index contributed by atoms with van der Waals surface area (Å²) in [6.45, 7) is 7.94. The second-order valence-corrected chi connectivity index (χ2v) is 5.82. The molecule has 17 heavy (non-hydrogen) atoms. The van der Waals surface area contributed by atoms with E-state index in [2.05, 4.69) is 29.0 Å². The number of hydrogen-bond donors (Lipinski definition) is 1. The first-order chi connectivity index (χ1) is 8.33. The Hall–Kier alpha value is -0.450. The zero-order chi connectivity index (χ0) is 12.1. The maximum atomic E-state index is 4.17. The van der Waals surface area contributed by atoms with Crippen molar-refractivity contribution >= 4 is 11.3 Å². The Bertz CT molecular complexity index is 312. The average Bonchev–Trinajstić information content (AvgIpc) is 2.84. The molecule has 2 heterocycles. The molecule has 1 aliphatic rings. The van der Waals surface area contributed by atoms with E-state index in [1.54, 1.807) is 11.3 Å². The zero-order valence-electron chi connectivity index (χ0n) is 10.9. The normalized spacial score (nSPS) is 26.2. The summed E-state index contributed by atoms with van der Waals surface area (Å²) in [7, 11) is 0. The number of nitrogens with one attached hydrogen (secondary N) is 1. The highest BCUT2D eigenvalue weighted by Crippen LogP contribution is 2.18. The lowest BCUT2D eigenvalue weighted by atomic mass is 10.0. The van der Waals surface area contributed by atoms with Crippen LogP contribution in [0.4, 0.5) is 0 Å². The first-order valence-electron chi connectivity index (χ1n) is 6.68. The van der Waals surface area contributed by atoms with Gasteiger partial charge in [-0.2, -0.15) is 0 Å². The van der Waals surface area contributed by atoms with Gasteiger partial charge < -0.3 is 5.32 Å². The van der Waals surface area contributed by atoms with E-state index < -0.39 is 0 Å². The van der Waals surface area contributed by atoms with Crippen molar-refractivity contribution in [2.24, 2.45) is 0 Å². The van der Waals surface area contributed by atoms with Crippen LogP contribution in [0.1, 0.15) is 38.0 Å². The van der Waals surface area contributed by atoms with Crippen LogP contribution in [0.5, 0.6) is 0 Å². The molecule has 1 saturated heterocycles. The van der Waals surface area contributed by atoms with Gasteiger partial charge in [-0.3, -0.25) is 9.88 Å². The summed E-state index contributed by atoms with van der Waals surface area (Å²) in [6, 6.07) is 1.36. The van der Waals surface area contributed by atoms with Gasteiger partial charge in [0.2, 0.25) is 0 Å². The SMILES string of the molecule is CCCC1CNC(CC)CN1Cc1cncs1. The Kier molecular flexibility index (Phi) is 4.95. The van der Waals surface area contributed by atoms with Gasteiger partial charge in [0, 0.05) is 42.8 Å². The monoisotopic (exact) mass is 253 g/mol. The standard InChI is InChI=1S/C13H23N3S/c1-3-5-12-6-15-11(4-2)8-16(12)9-13-7-14-10-17-13/h7,10-12,15H,3-6,8-9H2,1-2H3. The van der Waals surface area contributed by atoms with E-state index in [-0.39, 0.29) is 0 Å². The molecule has 0 aliphatic carbocycles. The van der Waals surface area contributed by atoms with Crippen LogP contribution in [0.3, 0.4) is 0 Å². The average molecular weight is 253 g/mol. The molecular formula is C13H23N3S.